The molecule has 0 saturated heterocycles. The summed E-state index contributed by atoms with van der Waals surface area (Å²) in [4.78, 5) is 15.0. The van der Waals surface area contributed by atoms with Crippen molar-refractivity contribution in [1.82, 2.24) is 19.9 Å². The fraction of sp³-hybridized carbons (Fsp3) is 0.0833. The van der Waals surface area contributed by atoms with Crippen molar-refractivity contribution in [1.29, 1.82) is 0 Å². The Bertz CT molecular complexity index is 663. The molecule has 2 aromatic heterocycles. The summed E-state index contributed by atoms with van der Waals surface area (Å²) in [5.74, 6) is 1.07. The molecular formula is C12H10N4O2. The van der Waals surface area contributed by atoms with Crippen molar-refractivity contribution >= 4 is 11.2 Å². The summed E-state index contributed by atoms with van der Waals surface area (Å²) in [6, 6.07) is 7.13. The molecule has 0 spiro atoms. The van der Waals surface area contributed by atoms with Crippen molar-refractivity contribution < 1.29 is 9.84 Å². The molecular weight excluding hydrogens is 232 g/mol. The van der Waals surface area contributed by atoms with Gasteiger partial charge in [-0.3, -0.25) is 0 Å². The predicted molar refractivity (Wildman–Crippen MR) is 64.1 cm³/mol. The summed E-state index contributed by atoms with van der Waals surface area (Å²) in [6.45, 7) is 0.0125. The molecule has 0 fully saturated rings. The van der Waals surface area contributed by atoms with Crippen LogP contribution in [0.2, 0.25) is 0 Å². The molecule has 6 nitrogen and oxygen atoms in total. The van der Waals surface area contributed by atoms with Gasteiger partial charge in [0.05, 0.1) is 12.9 Å². The van der Waals surface area contributed by atoms with Gasteiger partial charge in [0, 0.05) is 0 Å². The maximum Gasteiger partial charge on any atom is 0.248 e. The molecule has 90 valence electrons. The second kappa shape index (κ2) is 4.42. The van der Waals surface area contributed by atoms with Crippen LogP contribution >= 0.6 is 0 Å². The number of imidazole rings is 1. The number of fused-ring (bicyclic) bond motifs is 1. The number of aromatic amines is 1. The Morgan fingerprint density at radius 2 is 1.94 bits per heavy atom. The van der Waals surface area contributed by atoms with Crippen LogP contribution in [-0.4, -0.2) is 25.0 Å². The summed E-state index contributed by atoms with van der Waals surface area (Å²) in [5.41, 5.74) is 2.05. The van der Waals surface area contributed by atoms with Crippen LogP contribution in [0, 0.1) is 0 Å². The van der Waals surface area contributed by atoms with Crippen molar-refractivity contribution in [2.75, 3.05) is 0 Å². The van der Waals surface area contributed by atoms with Crippen LogP contribution in [0.25, 0.3) is 11.2 Å². The lowest BCUT2D eigenvalue weighted by Gasteiger charge is -2.05. The first kappa shape index (κ1) is 10.7. The zero-order valence-corrected chi connectivity index (χ0v) is 9.37. The molecule has 0 aliphatic rings. The van der Waals surface area contributed by atoms with E-state index < -0.39 is 0 Å². The first-order valence-electron chi connectivity index (χ1n) is 5.38. The van der Waals surface area contributed by atoms with Gasteiger partial charge in [-0.25, -0.2) is 9.97 Å². The quantitative estimate of drug-likeness (QED) is 0.729. The first-order chi connectivity index (χ1) is 8.86. The molecule has 0 amide bonds. The van der Waals surface area contributed by atoms with E-state index in [1.165, 1.54) is 6.33 Å². The Morgan fingerprint density at radius 1 is 1.11 bits per heavy atom. The summed E-state index contributed by atoms with van der Waals surface area (Å²) < 4.78 is 5.65. The highest BCUT2D eigenvalue weighted by atomic mass is 16.5. The van der Waals surface area contributed by atoms with E-state index in [2.05, 4.69) is 19.9 Å². The normalized spacial score (nSPS) is 10.7. The van der Waals surface area contributed by atoms with E-state index in [0.717, 1.165) is 5.56 Å². The molecule has 18 heavy (non-hydrogen) atoms. The first-order valence-corrected chi connectivity index (χ1v) is 5.38. The zero-order chi connectivity index (χ0) is 12.4. The van der Waals surface area contributed by atoms with Gasteiger partial charge in [-0.1, -0.05) is 12.1 Å². The van der Waals surface area contributed by atoms with Gasteiger partial charge in [0.25, 0.3) is 0 Å². The second-order valence-corrected chi connectivity index (χ2v) is 3.68. The van der Waals surface area contributed by atoms with E-state index in [4.69, 9.17) is 9.84 Å². The van der Waals surface area contributed by atoms with Crippen molar-refractivity contribution in [3.63, 3.8) is 0 Å². The van der Waals surface area contributed by atoms with Crippen molar-refractivity contribution in [3.05, 3.63) is 42.5 Å². The van der Waals surface area contributed by atoms with Crippen molar-refractivity contribution in [3.8, 4) is 11.6 Å². The van der Waals surface area contributed by atoms with Crippen LogP contribution < -0.4 is 4.74 Å². The lowest BCUT2D eigenvalue weighted by Crippen LogP contribution is -1.91. The summed E-state index contributed by atoms with van der Waals surface area (Å²) in [7, 11) is 0. The van der Waals surface area contributed by atoms with Crippen LogP contribution in [0.15, 0.2) is 36.9 Å². The SMILES string of the molecule is OCc1ccc(Oc2ncnc3nc[nH]c23)cc1. The van der Waals surface area contributed by atoms with Gasteiger partial charge in [-0.15, -0.1) is 0 Å². The van der Waals surface area contributed by atoms with E-state index in [-0.39, 0.29) is 6.61 Å². The van der Waals surface area contributed by atoms with Gasteiger partial charge in [-0.05, 0) is 17.7 Å². The summed E-state index contributed by atoms with van der Waals surface area (Å²) >= 11 is 0. The third-order valence-corrected chi connectivity index (χ3v) is 2.51. The van der Waals surface area contributed by atoms with E-state index in [1.54, 1.807) is 30.6 Å². The maximum absolute atomic E-state index is 8.96. The van der Waals surface area contributed by atoms with Crippen LogP contribution in [-0.2, 0) is 6.61 Å². The number of hydrogen-bond acceptors (Lipinski definition) is 5. The van der Waals surface area contributed by atoms with Gasteiger partial charge < -0.3 is 14.8 Å². The lowest BCUT2D eigenvalue weighted by molar-refractivity contribution is 0.281. The minimum Gasteiger partial charge on any atom is -0.437 e. The number of nitrogens with one attached hydrogen (secondary N) is 1. The van der Waals surface area contributed by atoms with Crippen LogP contribution in [0.1, 0.15) is 5.56 Å². The van der Waals surface area contributed by atoms with E-state index >= 15 is 0 Å². The number of aromatic nitrogens is 4. The molecule has 1 aromatic carbocycles. The Balaban J connectivity index is 1.93. The Kier molecular flexibility index (Phi) is 2.62. The number of nitrogens with zero attached hydrogens (tertiary/aromatic N) is 3. The Hall–Kier alpha value is -2.47. The average Bonchev–Trinajstić information content (AvgIpc) is 2.89. The molecule has 0 unspecified atom stereocenters. The third kappa shape index (κ3) is 1.89. The highest BCUT2D eigenvalue weighted by molar-refractivity contribution is 5.75. The van der Waals surface area contributed by atoms with Gasteiger partial charge in [-0.2, -0.15) is 4.98 Å². The molecule has 0 atom stereocenters. The average molecular weight is 242 g/mol. The minimum atomic E-state index is 0.0125. The molecule has 3 rings (SSSR count). The zero-order valence-electron chi connectivity index (χ0n) is 9.37. The molecule has 2 heterocycles. The largest absolute Gasteiger partial charge is 0.437 e. The number of hydrogen-bond donors (Lipinski definition) is 2. The Labute approximate surface area is 102 Å². The number of aliphatic hydroxyl groups is 1. The molecule has 3 aromatic rings. The standard InChI is InChI=1S/C12H10N4O2/c17-5-8-1-3-9(4-2-8)18-12-10-11(14-6-13-10)15-7-16-12/h1-4,6-7,17H,5H2,(H,13,14,15,16). The maximum atomic E-state index is 8.96. The van der Waals surface area contributed by atoms with E-state index in [1.807, 2.05) is 0 Å². The molecule has 0 radical (unpaired) electrons. The minimum absolute atomic E-state index is 0.0125. The molecule has 0 saturated carbocycles. The van der Waals surface area contributed by atoms with Gasteiger partial charge >= 0.3 is 0 Å². The van der Waals surface area contributed by atoms with Gasteiger partial charge in [0.1, 0.15) is 17.6 Å². The van der Waals surface area contributed by atoms with E-state index in [9.17, 15) is 0 Å². The number of aliphatic hydroxyl groups excluding tert-OH is 1. The number of benzene rings is 1. The summed E-state index contributed by atoms with van der Waals surface area (Å²) in [6.07, 6.45) is 2.95. The topological polar surface area (TPSA) is 83.9 Å². The van der Waals surface area contributed by atoms with Gasteiger partial charge in [0.2, 0.25) is 5.88 Å². The van der Waals surface area contributed by atoms with Crippen LogP contribution in [0.3, 0.4) is 0 Å². The molecule has 0 aliphatic carbocycles. The fourth-order valence-corrected chi connectivity index (χ4v) is 1.59. The smallest absolute Gasteiger partial charge is 0.248 e. The highest BCUT2D eigenvalue weighted by Crippen LogP contribution is 2.24. The van der Waals surface area contributed by atoms with Crippen LogP contribution in [0.5, 0.6) is 11.6 Å². The van der Waals surface area contributed by atoms with E-state index in [0.29, 0.717) is 22.8 Å². The number of ether oxygens (including phenoxy) is 1. The summed E-state index contributed by atoms with van der Waals surface area (Å²) in [5, 5.41) is 8.96. The number of H-pyrrole nitrogens is 1. The monoisotopic (exact) mass is 242 g/mol. The van der Waals surface area contributed by atoms with Crippen molar-refractivity contribution in [2.24, 2.45) is 0 Å². The molecule has 0 aliphatic heterocycles. The molecule has 2 N–H and O–H groups in total. The Morgan fingerprint density at radius 3 is 2.72 bits per heavy atom. The number of rotatable bonds is 3. The fourth-order valence-electron chi connectivity index (χ4n) is 1.59. The second-order valence-electron chi connectivity index (χ2n) is 3.68. The van der Waals surface area contributed by atoms with Crippen LogP contribution in [0.4, 0.5) is 0 Å². The predicted octanol–water partition coefficient (Wildman–Crippen LogP) is 1.64. The third-order valence-electron chi connectivity index (χ3n) is 2.51. The molecule has 0 bridgehead atoms. The van der Waals surface area contributed by atoms with Gasteiger partial charge in [0.15, 0.2) is 5.65 Å². The lowest BCUT2D eigenvalue weighted by atomic mass is 10.2. The molecule has 6 heteroatoms. The highest BCUT2D eigenvalue weighted by Gasteiger charge is 2.07. The van der Waals surface area contributed by atoms with Crippen molar-refractivity contribution in [2.45, 2.75) is 6.61 Å².